The third kappa shape index (κ3) is 9.10. The quantitative estimate of drug-likeness (QED) is 0.167. The number of nitrogens with zero attached hydrogens (tertiary/aromatic N) is 3. The van der Waals surface area contributed by atoms with Crippen LogP contribution in [0.15, 0.2) is 36.8 Å². The number of rotatable bonds is 12. The van der Waals surface area contributed by atoms with E-state index in [-0.39, 0.29) is 51.6 Å². The van der Waals surface area contributed by atoms with Gasteiger partial charge in [-0.25, -0.2) is 28.9 Å². The van der Waals surface area contributed by atoms with Crippen molar-refractivity contribution in [1.29, 1.82) is 0 Å². The van der Waals surface area contributed by atoms with Crippen molar-refractivity contribution in [2.45, 2.75) is 77.5 Å². The van der Waals surface area contributed by atoms with Gasteiger partial charge in [0, 0.05) is 40.3 Å². The number of carbonyl (C=O) groups is 2. The van der Waals surface area contributed by atoms with Crippen LogP contribution in [-0.2, 0) is 9.53 Å². The summed E-state index contributed by atoms with van der Waals surface area (Å²) in [4.78, 5) is 37.5. The monoisotopic (exact) mass is 677 g/mol. The molecule has 0 saturated heterocycles. The summed E-state index contributed by atoms with van der Waals surface area (Å²) in [5.41, 5.74) is 6.76. The van der Waals surface area contributed by atoms with E-state index < -0.39 is 35.6 Å². The Labute approximate surface area is 277 Å². The molecule has 2 aromatic heterocycles. The minimum atomic E-state index is -1.13. The van der Waals surface area contributed by atoms with Gasteiger partial charge in [-0.2, -0.15) is 0 Å². The highest BCUT2D eigenvalue weighted by molar-refractivity contribution is 6.36. The lowest BCUT2D eigenvalue weighted by Gasteiger charge is -2.30. The number of aliphatic carboxylic acids is 1. The molecule has 4 rings (SSSR count). The Morgan fingerprint density at radius 1 is 1.11 bits per heavy atom. The van der Waals surface area contributed by atoms with E-state index >= 15 is 0 Å². The number of nitrogens with two attached hydrogens (primary N) is 1. The van der Waals surface area contributed by atoms with Crippen LogP contribution < -0.4 is 20.5 Å². The minimum Gasteiger partial charge on any atom is -0.482 e. The Bertz CT molecular complexity index is 1530. The number of nitrogens with one attached hydrogen (secondary N) is 1. The summed E-state index contributed by atoms with van der Waals surface area (Å²) in [6, 6.07) is 3.20. The van der Waals surface area contributed by atoms with Crippen LogP contribution in [0.25, 0.3) is 11.1 Å². The van der Waals surface area contributed by atoms with Gasteiger partial charge in [0.05, 0.1) is 11.6 Å². The normalized spacial score (nSPS) is 15.5. The first kappa shape index (κ1) is 35.0. The van der Waals surface area contributed by atoms with Gasteiger partial charge in [-0.05, 0) is 64.2 Å². The highest BCUT2D eigenvalue weighted by Gasteiger charge is 2.37. The summed E-state index contributed by atoms with van der Waals surface area (Å²) in [5, 5.41) is 12.7. The molecule has 2 unspecified atom stereocenters. The van der Waals surface area contributed by atoms with Gasteiger partial charge in [0.1, 0.15) is 23.6 Å². The van der Waals surface area contributed by atoms with Crippen LogP contribution in [0.5, 0.6) is 11.8 Å². The van der Waals surface area contributed by atoms with Crippen molar-refractivity contribution >= 4 is 41.1 Å². The SMILES string of the molecule is CC(Oc1cc(-c2cnc(OCCC(C3CCCC3)[C@H](NC(=O)OC(C)(C)C)C(=O)O)nc2)cnc1N)c1c(Cl)ccc(F)c1Cl. The molecule has 1 aliphatic carbocycles. The second-order valence-electron chi connectivity index (χ2n) is 12.2. The maximum atomic E-state index is 14.1. The first-order valence-corrected chi connectivity index (χ1v) is 15.7. The molecule has 1 amide bonds. The number of benzene rings is 1. The van der Waals surface area contributed by atoms with Crippen molar-refractivity contribution in [3.63, 3.8) is 0 Å². The zero-order chi connectivity index (χ0) is 33.6. The van der Waals surface area contributed by atoms with E-state index in [1.807, 2.05) is 0 Å². The molecular formula is C32H38Cl2FN5O6. The maximum absolute atomic E-state index is 14.1. The summed E-state index contributed by atoms with van der Waals surface area (Å²) in [6.07, 6.45) is 7.22. The third-order valence-corrected chi connectivity index (χ3v) is 8.40. The third-order valence-electron chi connectivity index (χ3n) is 7.69. The summed E-state index contributed by atoms with van der Waals surface area (Å²) in [5.74, 6) is -1.66. The first-order valence-electron chi connectivity index (χ1n) is 15.0. The van der Waals surface area contributed by atoms with Crippen molar-refractivity contribution in [3.05, 3.63) is 58.2 Å². The molecule has 0 spiro atoms. The lowest BCUT2D eigenvalue weighted by molar-refractivity contribution is -0.141. The standard InChI is InChI=1S/C32H38Cl2FN5O6/c1-17(25-22(33)9-10-23(35)26(25)34)45-24-13-19(14-37-28(24)36)20-15-38-30(39-16-20)44-12-11-21(18-7-5-6-8-18)27(29(41)42)40-31(43)46-32(2,3)4/h9-10,13-18,21,27H,5-8,11-12H2,1-4H3,(H2,36,37)(H,40,43)(H,41,42)/t17?,21?,27-/m0/s1. The molecular weight excluding hydrogens is 640 g/mol. The van der Waals surface area contributed by atoms with Gasteiger partial charge in [-0.3, -0.25) is 0 Å². The number of amides is 1. The van der Waals surface area contributed by atoms with Gasteiger partial charge < -0.3 is 30.4 Å². The average Bonchev–Trinajstić information content (AvgIpc) is 3.52. The number of halogens is 3. The number of hydrogen-bond acceptors (Lipinski definition) is 9. The lowest BCUT2D eigenvalue weighted by atomic mass is 9.82. The molecule has 14 heteroatoms. The Morgan fingerprint density at radius 2 is 1.76 bits per heavy atom. The number of ether oxygens (including phenoxy) is 3. The fourth-order valence-corrected chi connectivity index (χ4v) is 6.22. The van der Waals surface area contributed by atoms with E-state index in [4.69, 9.17) is 43.1 Å². The molecule has 3 atom stereocenters. The van der Waals surface area contributed by atoms with Crippen LogP contribution in [0.1, 0.15) is 71.5 Å². The van der Waals surface area contributed by atoms with Crippen molar-refractivity contribution in [1.82, 2.24) is 20.3 Å². The van der Waals surface area contributed by atoms with E-state index in [0.717, 1.165) is 25.7 Å². The molecule has 0 radical (unpaired) electrons. The van der Waals surface area contributed by atoms with Gasteiger partial charge in [0.25, 0.3) is 0 Å². The molecule has 1 aliphatic rings. The van der Waals surface area contributed by atoms with Gasteiger partial charge in [-0.1, -0.05) is 48.9 Å². The number of pyridine rings is 1. The number of carboxylic acid groups (broad SMARTS) is 1. The lowest BCUT2D eigenvalue weighted by Crippen LogP contribution is -2.49. The van der Waals surface area contributed by atoms with E-state index in [9.17, 15) is 19.1 Å². The number of hydrogen-bond donors (Lipinski definition) is 3. The fourth-order valence-electron chi connectivity index (χ4n) is 5.54. The molecule has 11 nitrogen and oxygen atoms in total. The number of anilines is 1. The zero-order valence-electron chi connectivity index (χ0n) is 26.1. The highest BCUT2D eigenvalue weighted by atomic mass is 35.5. The van der Waals surface area contributed by atoms with Gasteiger partial charge in [0.15, 0.2) is 11.6 Å². The Morgan fingerprint density at radius 3 is 2.39 bits per heavy atom. The molecule has 1 fully saturated rings. The average molecular weight is 679 g/mol. The number of carboxylic acids is 1. The molecule has 1 saturated carbocycles. The Hall–Kier alpha value is -3.90. The minimum absolute atomic E-state index is 0.102. The molecule has 0 bridgehead atoms. The van der Waals surface area contributed by atoms with Crippen molar-refractivity contribution in [3.8, 4) is 22.9 Å². The topological polar surface area (TPSA) is 159 Å². The number of alkyl carbamates (subject to hydrolysis) is 1. The predicted molar refractivity (Wildman–Crippen MR) is 171 cm³/mol. The molecule has 2 heterocycles. The number of nitrogen functional groups attached to an aromatic ring is 1. The maximum Gasteiger partial charge on any atom is 0.408 e. The Kier molecular flexibility index (Phi) is 11.5. The van der Waals surface area contributed by atoms with Gasteiger partial charge >= 0.3 is 18.1 Å². The number of aromatic nitrogens is 3. The smallest absolute Gasteiger partial charge is 0.408 e. The summed E-state index contributed by atoms with van der Waals surface area (Å²) < 4.78 is 31.1. The molecule has 3 aromatic rings. The zero-order valence-corrected chi connectivity index (χ0v) is 27.6. The summed E-state index contributed by atoms with van der Waals surface area (Å²) in [7, 11) is 0. The van der Waals surface area contributed by atoms with Gasteiger partial charge in [-0.15, -0.1) is 0 Å². The molecule has 46 heavy (non-hydrogen) atoms. The van der Waals surface area contributed by atoms with Crippen molar-refractivity contribution < 1.29 is 33.3 Å². The molecule has 0 aliphatic heterocycles. The second-order valence-corrected chi connectivity index (χ2v) is 13.0. The van der Waals surface area contributed by atoms with Crippen LogP contribution in [0.3, 0.4) is 0 Å². The van der Waals surface area contributed by atoms with Crippen molar-refractivity contribution in [2.75, 3.05) is 12.3 Å². The Balaban J connectivity index is 1.42. The second kappa shape index (κ2) is 15.1. The number of carbonyl (C=O) groups excluding carboxylic acids is 1. The van der Waals surface area contributed by atoms with Gasteiger partial charge in [0.2, 0.25) is 0 Å². The summed E-state index contributed by atoms with van der Waals surface area (Å²) in [6.45, 7) is 6.96. The molecule has 4 N–H and O–H groups in total. The van der Waals surface area contributed by atoms with Crippen LogP contribution >= 0.6 is 23.2 Å². The fraction of sp³-hybridized carbons (Fsp3) is 0.469. The van der Waals surface area contributed by atoms with Crippen LogP contribution in [0.2, 0.25) is 10.0 Å². The van der Waals surface area contributed by atoms with Crippen LogP contribution in [-0.4, -0.2) is 50.4 Å². The predicted octanol–water partition coefficient (Wildman–Crippen LogP) is 7.26. The van der Waals surface area contributed by atoms with Crippen molar-refractivity contribution in [2.24, 2.45) is 11.8 Å². The highest BCUT2D eigenvalue weighted by Crippen LogP contribution is 2.38. The largest absolute Gasteiger partial charge is 0.482 e. The first-order chi connectivity index (χ1) is 21.7. The van der Waals surface area contributed by atoms with E-state index in [0.29, 0.717) is 17.5 Å². The molecule has 248 valence electrons. The van der Waals surface area contributed by atoms with Crippen LogP contribution in [0.4, 0.5) is 15.0 Å². The molecule has 1 aromatic carbocycles. The van der Waals surface area contributed by atoms with Crippen LogP contribution in [0, 0.1) is 17.7 Å². The van der Waals surface area contributed by atoms with E-state index in [1.54, 1.807) is 46.2 Å². The summed E-state index contributed by atoms with van der Waals surface area (Å²) >= 11 is 12.4. The van der Waals surface area contributed by atoms with E-state index in [2.05, 4.69) is 20.3 Å². The van der Waals surface area contributed by atoms with E-state index in [1.165, 1.54) is 18.3 Å².